The van der Waals surface area contributed by atoms with Gasteiger partial charge in [0.05, 0.1) is 7.11 Å². The first-order chi connectivity index (χ1) is 9.61. The van der Waals surface area contributed by atoms with Crippen LogP contribution in [0.3, 0.4) is 0 Å². The molecule has 0 saturated carbocycles. The Labute approximate surface area is 117 Å². The molecule has 4 N–H and O–H groups in total. The number of carbonyl (C=O) groups excluding carboxylic acids is 1. The predicted octanol–water partition coefficient (Wildman–Crippen LogP) is 2.04. The van der Waals surface area contributed by atoms with Gasteiger partial charge in [-0.25, -0.2) is 0 Å². The summed E-state index contributed by atoms with van der Waals surface area (Å²) in [6, 6.07) is 13.3. The van der Waals surface area contributed by atoms with Crippen molar-refractivity contribution >= 4 is 11.6 Å². The van der Waals surface area contributed by atoms with Crippen LogP contribution in [0.1, 0.15) is 11.6 Å². The number of phenols is 1. The molecule has 0 heterocycles. The number of phenolic OH excluding ortho intramolecular Hbond substituents is 1. The van der Waals surface area contributed by atoms with Crippen LogP contribution in [0.25, 0.3) is 0 Å². The molecule has 5 nitrogen and oxygen atoms in total. The summed E-state index contributed by atoms with van der Waals surface area (Å²) in [6.07, 6.45) is 0. The molecule has 2 aromatic carbocycles. The Morgan fingerprint density at radius 1 is 1.25 bits per heavy atom. The third-order valence-corrected chi connectivity index (χ3v) is 2.91. The lowest BCUT2D eigenvalue weighted by Gasteiger charge is -2.18. The zero-order chi connectivity index (χ0) is 14.5. The molecular formula is C15H16N2O3. The highest BCUT2D eigenvalue weighted by Crippen LogP contribution is 2.30. The van der Waals surface area contributed by atoms with E-state index in [0.29, 0.717) is 11.3 Å². The van der Waals surface area contributed by atoms with Crippen molar-refractivity contribution < 1.29 is 14.6 Å². The van der Waals surface area contributed by atoms with Gasteiger partial charge in [-0.15, -0.1) is 0 Å². The van der Waals surface area contributed by atoms with E-state index >= 15 is 0 Å². The minimum absolute atomic E-state index is 0.0131. The van der Waals surface area contributed by atoms with E-state index in [4.69, 9.17) is 10.5 Å². The quantitative estimate of drug-likeness (QED) is 0.777. The van der Waals surface area contributed by atoms with Crippen LogP contribution in [-0.4, -0.2) is 18.1 Å². The molecule has 0 fully saturated rings. The molecular weight excluding hydrogens is 256 g/mol. The van der Waals surface area contributed by atoms with Crippen LogP contribution in [0.5, 0.6) is 11.5 Å². The highest BCUT2D eigenvalue weighted by molar-refractivity contribution is 5.84. The molecule has 0 aliphatic rings. The number of para-hydroxylation sites is 1. The van der Waals surface area contributed by atoms with E-state index in [9.17, 15) is 9.90 Å². The maximum atomic E-state index is 11.6. The number of anilines is 1. The molecule has 0 radical (unpaired) electrons. The van der Waals surface area contributed by atoms with Crippen molar-refractivity contribution in [2.45, 2.75) is 6.04 Å². The first kappa shape index (κ1) is 13.7. The van der Waals surface area contributed by atoms with Crippen LogP contribution in [-0.2, 0) is 4.79 Å². The Balaban J connectivity index is 2.31. The maximum absolute atomic E-state index is 11.6. The third kappa shape index (κ3) is 3.00. The summed E-state index contributed by atoms with van der Waals surface area (Å²) in [4.78, 5) is 11.6. The highest BCUT2D eigenvalue weighted by atomic mass is 16.5. The second kappa shape index (κ2) is 5.97. The zero-order valence-electron chi connectivity index (χ0n) is 11.0. The molecule has 1 atom stereocenters. The van der Waals surface area contributed by atoms with Gasteiger partial charge in [-0.05, 0) is 29.8 Å². The van der Waals surface area contributed by atoms with Crippen LogP contribution in [0, 0.1) is 0 Å². The molecule has 0 aliphatic heterocycles. The first-order valence-electron chi connectivity index (χ1n) is 6.09. The number of primary amides is 1. The lowest BCUT2D eigenvalue weighted by Crippen LogP contribution is -2.27. The summed E-state index contributed by atoms with van der Waals surface area (Å²) in [7, 11) is 1.45. The topological polar surface area (TPSA) is 84.6 Å². The van der Waals surface area contributed by atoms with Gasteiger partial charge in [0, 0.05) is 5.69 Å². The van der Waals surface area contributed by atoms with Gasteiger partial charge in [0.1, 0.15) is 6.04 Å². The fourth-order valence-electron chi connectivity index (χ4n) is 1.89. The van der Waals surface area contributed by atoms with E-state index in [1.807, 2.05) is 30.3 Å². The van der Waals surface area contributed by atoms with Crippen molar-refractivity contribution in [2.75, 3.05) is 12.4 Å². The van der Waals surface area contributed by atoms with Crippen molar-refractivity contribution in [2.24, 2.45) is 5.73 Å². The number of ether oxygens (including phenoxy) is 1. The minimum Gasteiger partial charge on any atom is -0.504 e. The summed E-state index contributed by atoms with van der Waals surface area (Å²) in [5.74, 6) is -0.204. The van der Waals surface area contributed by atoms with Gasteiger partial charge in [0.2, 0.25) is 5.91 Å². The molecule has 104 valence electrons. The monoisotopic (exact) mass is 272 g/mol. The van der Waals surface area contributed by atoms with Crippen molar-refractivity contribution in [3.05, 3.63) is 54.1 Å². The predicted molar refractivity (Wildman–Crippen MR) is 76.7 cm³/mol. The molecule has 5 heteroatoms. The lowest BCUT2D eigenvalue weighted by atomic mass is 10.1. The van der Waals surface area contributed by atoms with Crippen LogP contribution < -0.4 is 15.8 Å². The van der Waals surface area contributed by atoms with Crippen LogP contribution in [0.4, 0.5) is 5.69 Å². The first-order valence-corrected chi connectivity index (χ1v) is 6.09. The number of rotatable bonds is 5. The van der Waals surface area contributed by atoms with Crippen LogP contribution in [0.15, 0.2) is 48.5 Å². The lowest BCUT2D eigenvalue weighted by molar-refractivity contribution is -0.118. The molecule has 0 aromatic heterocycles. The zero-order valence-corrected chi connectivity index (χ0v) is 11.0. The van der Waals surface area contributed by atoms with Crippen molar-refractivity contribution in [3.8, 4) is 11.5 Å². The summed E-state index contributed by atoms with van der Waals surface area (Å²) in [6.45, 7) is 0. The SMILES string of the molecule is COc1cc(C(Nc2ccccc2)C(N)=O)ccc1O. The Morgan fingerprint density at radius 3 is 2.55 bits per heavy atom. The summed E-state index contributed by atoms with van der Waals surface area (Å²) in [5, 5.41) is 12.6. The van der Waals surface area contributed by atoms with Gasteiger partial charge in [-0.1, -0.05) is 24.3 Å². The summed E-state index contributed by atoms with van der Waals surface area (Å²) < 4.78 is 5.04. The molecule has 20 heavy (non-hydrogen) atoms. The van der Waals surface area contributed by atoms with E-state index < -0.39 is 11.9 Å². The number of nitrogens with one attached hydrogen (secondary N) is 1. The smallest absolute Gasteiger partial charge is 0.244 e. The fraction of sp³-hybridized carbons (Fsp3) is 0.133. The molecule has 1 unspecified atom stereocenters. The number of carbonyl (C=O) groups is 1. The average molecular weight is 272 g/mol. The van der Waals surface area contributed by atoms with Crippen molar-refractivity contribution in [1.29, 1.82) is 0 Å². The summed E-state index contributed by atoms with van der Waals surface area (Å²) in [5.41, 5.74) is 6.84. The summed E-state index contributed by atoms with van der Waals surface area (Å²) >= 11 is 0. The van der Waals surface area contributed by atoms with Gasteiger partial charge < -0.3 is 20.9 Å². The second-order valence-electron chi connectivity index (χ2n) is 4.28. The number of methoxy groups -OCH3 is 1. The Bertz CT molecular complexity index is 599. The maximum Gasteiger partial charge on any atom is 0.244 e. The fourth-order valence-corrected chi connectivity index (χ4v) is 1.89. The van der Waals surface area contributed by atoms with Crippen molar-refractivity contribution in [3.63, 3.8) is 0 Å². The largest absolute Gasteiger partial charge is 0.504 e. The molecule has 0 spiro atoms. The molecule has 0 saturated heterocycles. The molecule has 0 bridgehead atoms. The van der Waals surface area contributed by atoms with E-state index in [0.717, 1.165) is 5.69 Å². The van der Waals surface area contributed by atoms with E-state index in [-0.39, 0.29) is 5.75 Å². The number of nitrogens with two attached hydrogens (primary N) is 1. The minimum atomic E-state index is -0.702. The Morgan fingerprint density at radius 2 is 1.95 bits per heavy atom. The van der Waals surface area contributed by atoms with E-state index in [2.05, 4.69) is 5.32 Å². The van der Waals surface area contributed by atoms with Gasteiger partial charge in [-0.3, -0.25) is 4.79 Å². The van der Waals surface area contributed by atoms with Gasteiger partial charge in [0.25, 0.3) is 0 Å². The number of hydrogen-bond acceptors (Lipinski definition) is 4. The van der Waals surface area contributed by atoms with E-state index in [1.165, 1.54) is 13.2 Å². The molecule has 1 amide bonds. The third-order valence-electron chi connectivity index (χ3n) is 2.91. The number of amides is 1. The second-order valence-corrected chi connectivity index (χ2v) is 4.28. The van der Waals surface area contributed by atoms with Crippen LogP contribution >= 0.6 is 0 Å². The van der Waals surface area contributed by atoms with Gasteiger partial charge in [0.15, 0.2) is 11.5 Å². The van der Waals surface area contributed by atoms with E-state index in [1.54, 1.807) is 12.1 Å². The average Bonchev–Trinajstić information content (AvgIpc) is 2.46. The highest BCUT2D eigenvalue weighted by Gasteiger charge is 2.19. The number of benzene rings is 2. The molecule has 2 rings (SSSR count). The normalized spacial score (nSPS) is 11.7. The Kier molecular flexibility index (Phi) is 4.10. The number of hydrogen-bond donors (Lipinski definition) is 3. The molecule has 0 aliphatic carbocycles. The van der Waals surface area contributed by atoms with Crippen molar-refractivity contribution in [1.82, 2.24) is 0 Å². The Hall–Kier alpha value is -2.69. The van der Waals surface area contributed by atoms with Gasteiger partial charge >= 0.3 is 0 Å². The molecule has 2 aromatic rings. The van der Waals surface area contributed by atoms with Crippen LogP contribution in [0.2, 0.25) is 0 Å². The standard InChI is InChI=1S/C15H16N2O3/c1-20-13-9-10(7-8-12(13)18)14(15(16)19)17-11-5-3-2-4-6-11/h2-9,14,17-18H,1H3,(H2,16,19). The number of aromatic hydroxyl groups is 1. The van der Waals surface area contributed by atoms with Gasteiger partial charge in [-0.2, -0.15) is 0 Å².